The van der Waals surface area contributed by atoms with E-state index in [4.69, 9.17) is 5.73 Å². The molecule has 2 aromatic rings. The zero-order valence-electron chi connectivity index (χ0n) is 9.15. The van der Waals surface area contributed by atoms with Crippen molar-refractivity contribution in [3.05, 3.63) is 71.0 Å². The molecule has 2 aromatic carbocycles. The van der Waals surface area contributed by atoms with Crippen LogP contribution >= 0.6 is 0 Å². The van der Waals surface area contributed by atoms with Crippen molar-refractivity contribution < 1.29 is 4.39 Å². The van der Waals surface area contributed by atoms with Crippen molar-refractivity contribution in [3.63, 3.8) is 0 Å². The highest BCUT2D eigenvalue weighted by molar-refractivity contribution is 5.33. The second kappa shape index (κ2) is 4.45. The lowest BCUT2D eigenvalue weighted by Crippen LogP contribution is -2.13. The fraction of sp³-hybridized carbons (Fsp3) is 0.143. The lowest BCUT2D eigenvalue weighted by atomic mass is 9.98. The topological polar surface area (TPSA) is 26.0 Å². The van der Waals surface area contributed by atoms with E-state index in [9.17, 15) is 4.39 Å². The largest absolute Gasteiger partial charge is 0.320 e. The first kappa shape index (κ1) is 10.8. The first-order valence-electron chi connectivity index (χ1n) is 5.25. The fourth-order valence-corrected chi connectivity index (χ4v) is 1.68. The van der Waals surface area contributed by atoms with E-state index in [1.54, 1.807) is 18.2 Å². The average molecular weight is 215 g/mol. The van der Waals surface area contributed by atoms with Crippen LogP contribution in [-0.2, 0) is 0 Å². The zero-order chi connectivity index (χ0) is 11.5. The van der Waals surface area contributed by atoms with Crippen molar-refractivity contribution in [2.45, 2.75) is 13.0 Å². The van der Waals surface area contributed by atoms with Crippen molar-refractivity contribution in [2.24, 2.45) is 5.73 Å². The van der Waals surface area contributed by atoms with Crippen molar-refractivity contribution in [3.8, 4) is 0 Å². The summed E-state index contributed by atoms with van der Waals surface area (Å²) in [6.45, 7) is 2.01. The van der Waals surface area contributed by atoms with E-state index in [-0.39, 0.29) is 5.82 Å². The summed E-state index contributed by atoms with van der Waals surface area (Å²) in [6.07, 6.45) is 0. The predicted octanol–water partition coefficient (Wildman–Crippen LogP) is 3.18. The van der Waals surface area contributed by atoms with Crippen molar-refractivity contribution in [2.75, 3.05) is 0 Å². The Labute approximate surface area is 94.7 Å². The molecule has 1 nitrogen and oxygen atoms in total. The Morgan fingerprint density at radius 2 is 1.62 bits per heavy atom. The smallest absolute Gasteiger partial charge is 0.128 e. The van der Waals surface area contributed by atoms with E-state index in [0.29, 0.717) is 5.56 Å². The molecule has 0 aliphatic carbocycles. The molecule has 0 heterocycles. The third-order valence-electron chi connectivity index (χ3n) is 2.68. The minimum absolute atomic E-state index is 0.254. The molecule has 1 atom stereocenters. The van der Waals surface area contributed by atoms with Gasteiger partial charge in [0.1, 0.15) is 5.82 Å². The Bertz CT molecular complexity index is 476. The maximum absolute atomic E-state index is 13.5. The number of hydrogen-bond acceptors (Lipinski definition) is 1. The van der Waals surface area contributed by atoms with Crippen LogP contribution in [0.4, 0.5) is 4.39 Å². The Kier molecular flexibility index (Phi) is 3.02. The molecule has 82 valence electrons. The van der Waals surface area contributed by atoms with Gasteiger partial charge < -0.3 is 5.73 Å². The molecule has 0 aromatic heterocycles. The quantitative estimate of drug-likeness (QED) is 0.818. The van der Waals surface area contributed by atoms with E-state index in [0.717, 1.165) is 5.56 Å². The molecule has 16 heavy (non-hydrogen) atoms. The summed E-state index contributed by atoms with van der Waals surface area (Å²) in [5, 5.41) is 0. The molecule has 2 heteroatoms. The predicted molar refractivity (Wildman–Crippen MR) is 63.6 cm³/mol. The molecular formula is C14H14FN. The van der Waals surface area contributed by atoms with Gasteiger partial charge in [0.15, 0.2) is 0 Å². The van der Waals surface area contributed by atoms with Crippen LogP contribution in [0.3, 0.4) is 0 Å². The fourth-order valence-electron chi connectivity index (χ4n) is 1.68. The van der Waals surface area contributed by atoms with Gasteiger partial charge in [-0.05, 0) is 18.6 Å². The van der Waals surface area contributed by atoms with Gasteiger partial charge in [-0.1, -0.05) is 48.0 Å². The first-order chi connectivity index (χ1) is 7.68. The normalized spacial score (nSPS) is 12.4. The third-order valence-corrected chi connectivity index (χ3v) is 2.68. The zero-order valence-corrected chi connectivity index (χ0v) is 9.15. The van der Waals surface area contributed by atoms with Crippen LogP contribution in [0, 0.1) is 12.7 Å². The van der Waals surface area contributed by atoms with Crippen LogP contribution in [0.2, 0.25) is 0 Å². The van der Waals surface area contributed by atoms with Gasteiger partial charge in [-0.3, -0.25) is 0 Å². The summed E-state index contributed by atoms with van der Waals surface area (Å²) in [7, 11) is 0. The van der Waals surface area contributed by atoms with Gasteiger partial charge in [-0.25, -0.2) is 4.39 Å². The van der Waals surface area contributed by atoms with E-state index in [1.165, 1.54) is 11.6 Å². The lowest BCUT2D eigenvalue weighted by molar-refractivity contribution is 0.599. The molecule has 0 aliphatic heterocycles. The van der Waals surface area contributed by atoms with Crippen molar-refractivity contribution in [1.82, 2.24) is 0 Å². The van der Waals surface area contributed by atoms with E-state index in [2.05, 4.69) is 0 Å². The maximum atomic E-state index is 13.5. The summed E-state index contributed by atoms with van der Waals surface area (Å²) in [5.41, 5.74) is 8.66. The van der Waals surface area contributed by atoms with Crippen LogP contribution in [0.15, 0.2) is 48.5 Å². The molecule has 2 rings (SSSR count). The Balaban J connectivity index is 2.35. The van der Waals surface area contributed by atoms with Crippen LogP contribution in [0.1, 0.15) is 22.7 Å². The minimum atomic E-state index is -0.401. The van der Waals surface area contributed by atoms with Crippen LogP contribution < -0.4 is 5.73 Å². The summed E-state index contributed by atoms with van der Waals surface area (Å²) in [4.78, 5) is 0. The second-order valence-corrected chi connectivity index (χ2v) is 3.91. The Hall–Kier alpha value is -1.67. The molecule has 0 saturated heterocycles. The standard InChI is InChI=1S/C14H14FN/c1-10-6-8-11(9-7-10)14(16)12-4-2-3-5-13(12)15/h2-9,14H,16H2,1H3. The molecule has 1 unspecified atom stereocenters. The maximum Gasteiger partial charge on any atom is 0.128 e. The van der Waals surface area contributed by atoms with Gasteiger partial charge in [-0.2, -0.15) is 0 Å². The highest BCUT2D eigenvalue weighted by atomic mass is 19.1. The molecule has 0 amide bonds. The van der Waals surface area contributed by atoms with Gasteiger partial charge in [0, 0.05) is 5.56 Å². The lowest BCUT2D eigenvalue weighted by Gasteiger charge is -2.13. The van der Waals surface area contributed by atoms with Gasteiger partial charge in [0.05, 0.1) is 6.04 Å². The van der Waals surface area contributed by atoms with Crippen LogP contribution in [-0.4, -0.2) is 0 Å². The van der Waals surface area contributed by atoms with Gasteiger partial charge in [0.2, 0.25) is 0 Å². The van der Waals surface area contributed by atoms with E-state index < -0.39 is 6.04 Å². The number of halogens is 1. The SMILES string of the molecule is Cc1ccc(C(N)c2ccccc2F)cc1. The monoisotopic (exact) mass is 215 g/mol. The van der Waals surface area contributed by atoms with Crippen LogP contribution in [0.5, 0.6) is 0 Å². The average Bonchev–Trinajstić information content (AvgIpc) is 2.30. The Morgan fingerprint density at radius 3 is 2.25 bits per heavy atom. The molecule has 0 aliphatic rings. The summed E-state index contributed by atoms with van der Waals surface area (Å²) >= 11 is 0. The Morgan fingerprint density at radius 1 is 1.00 bits per heavy atom. The number of benzene rings is 2. The molecular weight excluding hydrogens is 201 g/mol. The van der Waals surface area contributed by atoms with Gasteiger partial charge >= 0.3 is 0 Å². The van der Waals surface area contributed by atoms with Gasteiger partial charge in [0.25, 0.3) is 0 Å². The highest BCUT2D eigenvalue weighted by Gasteiger charge is 2.12. The second-order valence-electron chi connectivity index (χ2n) is 3.91. The number of hydrogen-bond donors (Lipinski definition) is 1. The molecule has 0 radical (unpaired) electrons. The molecule has 0 spiro atoms. The minimum Gasteiger partial charge on any atom is -0.320 e. The number of nitrogens with two attached hydrogens (primary N) is 1. The van der Waals surface area contributed by atoms with Gasteiger partial charge in [-0.15, -0.1) is 0 Å². The number of rotatable bonds is 2. The molecule has 0 bridgehead atoms. The van der Waals surface area contributed by atoms with E-state index in [1.807, 2.05) is 31.2 Å². The van der Waals surface area contributed by atoms with Crippen LogP contribution in [0.25, 0.3) is 0 Å². The molecule has 2 N–H and O–H groups in total. The van der Waals surface area contributed by atoms with E-state index >= 15 is 0 Å². The van der Waals surface area contributed by atoms with Crippen molar-refractivity contribution >= 4 is 0 Å². The molecule has 0 saturated carbocycles. The first-order valence-corrected chi connectivity index (χ1v) is 5.25. The summed E-state index contributed by atoms with van der Waals surface area (Å²) < 4.78 is 13.5. The molecule has 0 fully saturated rings. The third kappa shape index (κ3) is 2.12. The number of aryl methyl sites for hydroxylation is 1. The highest BCUT2D eigenvalue weighted by Crippen LogP contribution is 2.22. The van der Waals surface area contributed by atoms with Crippen molar-refractivity contribution in [1.29, 1.82) is 0 Å². The summed E-state index contributed by atoms with van der Waals surface area (Å²) in [6, 6.07) is 14.1. The summed E-state index contributed by atoms with van der Waals surface area (Å²) in [5.74, 6) is -0.254.